The maximum absolute atomic E-state index is 6.29. The van der Waals surface area contributed by atoms with Crippen LogP contribution < -0.4 is 5.73 Å². The normalized spacial score (nSPS) is 12.7. The zero-order valence-electron chi connectivity index (χ0n) is 12.6. The van der Waals surface area contributed by atoms with Crippen molar-refractivity contribution in [3.05, 3.63) is 65.0 Å². The third kappa shape index (κ3) is 2.98. The van der Waals surface area contributed by atoms with Gasteiger partial charge in [0, 0.05) is 0 Å². The van der Waals surface area contributed by atoms with Gasteiger partial charge in [-0.15, -0.1) is 0 Å². The van der Waals surface area contributed by atoms with E-state index in [0.717, 1.165) is 29.7 Å². The van der Waals surface area contributed by atoms with Crippen molar-refractivity contribution in [2.24, 2.45) is 5.73 Å². The maximum atomic E-state index is 6.29. The number of nitrogens with two attached hydrogens (primary N) is 1. The Labute approximate surface area is 125 Å². The number of aromatic nitrogens is 2. The van der Waals surface area contributed by atoms with E-state index in [-0.39, 0.29) is 6.04 Å². The Bertz CT molecular complexity index is 705. The summed E-state index contributed by atoms with van der Waals surface area (Å²) < 4.78 is 0. The number of benzene rings is 2. The molecular weight excluding hydrogens is 258 g/mol. The minimum atomic E-state index is -0.0572. The van der Waals surface area contributed by atoms with Crippen LogP contribution in [-0.2, 0) is 6.42 Å². The lowest BCUT2D eigenvalue weighted by Gasteiger charge is -2.08. The fraction of sp³-hybridized carbons (Fsp3) is 0.278. The monoisotopic (exact) mass is 279 g/mol. The molecule has 108 valence electrons. The molecule has 0 fully saturated rings. The highest BCUT2D eigenvalue weighted by Gasteiger charge is 2.12. The van der Waals surface area contributed by atoms with Crippen molar-refractivity contribution >= 4 is 11.0 Å². The number of nitrogens with zero attached hydrogens (tertiary/aromatic N) is 1. The SMILES string of the molecule is Cc1cc2nc(C(N)CCc3ccccc3)[nH]c2cc1C. The van der Waals surface area contributed by atoms with E-state index in [1.54, 1.807) is 0 Å². The maximum Gasteiger partial charge on any atom is 0.124 e. The van der Waals surface area contributed by atoms with Crippen molar-refractivity contribution in [2.45, 2.75) is 32.7 Å². The molecule has 0 aliphatic heterocycles. The molecule has 3 nitrogen and oxygen atoms in total. The average molecular weight is 279 g/mol. The summed E-state index contributed by atoms with van der Waals surface area (Å²) in [6.07, 6.45) is 1.86. The molecule has 1 unspecified atom stereocenters. The number of hydrogen-bond donors (Lipinski definition) is 2. The Kier molecular flexibility index (Phi) is 3.76. The highest BCUT2D eigenvalue weighted by molar-refractivity contribution is 5.77. The topological polar surface area (TPSA) is 54.7 Å². The van der Waals surface area contributed by atoms with Crippen LogP contribution in [0.4, 0.5) is 0 Å². The van der Waals surface area contributed by atoms with Gasteiger partial charge in [-0.05, 0) is 55.5 Å². The molecule has 2 aromatic carbocycles. The molecule has 0 saturated carbocycles. The second kappa shape index (κ2) is 5.70. The molecule has 3 N–H and O–H groups in total. The van der Waals surface area contributed by atoms with Gasteiger partial charge in [0.2, 0.25) is 0 Å². The van der Waals surface area contributed by atoms with Crippen LogP contribution in [-0.4, -0.2) is 9.97 Å². The first-order valence-electron chi connectivity index (χ1n) is 7.40. The molecule has 1 aromatic heterocycles. The van der Waals surface area contributed by atoms with Gasteiger partial charge in [0.15, 0.2) is 0 Å². The summed E-state index contributed by atoms with van der Waals surface area (Å²) in [7, 11) is 0. The van der Waals surface area contributed by atoms with E-state index in [1.807, 2.05) is 6.07 Å². The van der Waals surface area contributed by atoms with Crippen molar-refractivity contribution in [1.82, 2.24) is 9.97 Å². The Morgan fingerprint density at radius 1 is 1.10 bits per heavy atom. The lowest BCUT2D eigenvalue weighted by atomic mass is 10.1. The Hall–Kier alpha value is -2.13. The summed E-state index contributed by atoms with van der Waals surface area (Å²) in [4.78, 5) is 8.01. The molecule has 1 heterocycles. The third-order valence-electron chi connectivity index (χ3n) is 4.05. The van der Waals surface area contributed by atoms with Crippen LogP contribution in [0.15, 0.2) is 42.5 Å². The molecule has 0 aliphatic rings. The molecule has 0 spiro atoms. The Morgan fingerprint density at radius 3 is 2.57 bits per heavy atom. The van der Waals surface area contributed by atoms with Crippen molar-refractivity contribution in [1.29, 1.82) is 0 Å². The van der Waals surface area contributed by atoms with Gasteiger partial charge >= 0.3 is 0 Å². The average Bonchev–Trinajstić information content (AvgIpc) is 2.89. The first kappa shape index (κ1) is 13.8. The van der Waals surface area contributed by atoms with Crippen LogP contribution in [0.5, 0.6) is 0 Å². The summed E-state index contributed by atoms with van der Waals surface area (Å²) in [6, 6.07) is 14.6. The zero-order chi connectivity index (χ0) is 14.8. The molecule has 21 heavy (non-hydrogen) atoms. The van der Waals surface area contributed by atoms with Gasteiger partial charge in [-0.3, -0.25) is 0 Å². The molecule has 3 aromatic rings. The van der Waals surface area contributed by atoms with Gasteiger partial charge in [0.1, 0.15) is 5.82 Å². The van der Waals surface area contributed by atoms with E-state index in [4.69, 9.17) is 5.73 Å². The summed E-state index contributed by atoms with van der Waals surface area (Å²) in [5.41, 5.74) is 12.2. The highest BCUT2D eigenvalue weighted by atomic mass is 15.0. The summed E-state index contributed by atoms with van der Waals surface area (Å²) in [5, 5.41) is 0. The number of fused-ring (bicyclic) bond motifs is 1. The van der Waals surface area contributed by atoms with Gasteiger partial charge in [0.05, 0.1) is 17.1 Å². The molecule has 0 saturated heterocycles. The molecule has 3 rings (SSSR count). The van der Waals surface area contributed by atoms with Crippen molar-refractivity contribution in [2.75, 3.05) is 0 Å². The number of rotatable bonds is 4. The minimum absolute atomic E-state index is 0.0572. The Morgan fingerprint density at radius 2 is 1.81 bits per heavy atom. The highest BCUT2D eigenvalue weighted by Crippen LogP contribution is 2.21. The van der Waals surface area contributed by atoms with Crippen molar-refractivity contribution < 1.29 is 0 Å². The minimum Gasteiger partial charge on any atom is -0.341 e. The number of nitrogens with one attached hydrogen (secondary N) is 1. The van der Waals surface area contributed by atoms with Gasteiger partial charge in [0.25, 0.3) is 0 Å². The first-order chi connectivity index (χ1) is 10.1. The van der Waals surface area contributed by atoms with Crippen LogP contribution in [0.25, 0.3) is 11.0 Å². The quantitative estimate of drug-likeness (QED) is 0.763. The third-order valence-corrected chi connectivity index (χ3v) is 4.05. The number of imidazole rings is 1. The second-order valence-electron chi connectivity index (χ2n) is 5.71. The molecular formula is C18H21N3. The standard InChI is InChI=1S/C18H21N3/c1-12-10-16-17(11-13(12)2)21-18(20-16)15(19)9-8-14-6-4-3-5-7-14/h3-7,10-11,15H,8-9,19H2,1-2H3,(H,20,21). The molecule has 0 radical (unpaired) electrons. The molecule has 0 aliphatic carbocycles. The molecule has 0 bridgehead atoms. The largest absolute Gasteiger partial charge is 0.341 e. The molecule has 3 heteroatoms. The van der Waals surface area contributed by atoms with E-state index in [1.165, 1.54) is 16.7 Å². The lowest BCUT2D eigenvalue weighted by molar-refractivity contribution is 0.621. The number of aryl methyl sites for hydroxylation is 3. The van der Waals surface area contributed by atoms with Gasteiger partial charge in [-0.2, -0.15) is 0 Å². The predicted octanol–water partition coefficient (Wildman–Crippen LogP) is 3.81. The van der Waals surface area contributed by atoms with E-state index in [0.29, 0.717) is 0 Å². The van der Waals surface area contributed by atoms with E-state index in [9.17, 15) is 0 Å². The van der Waals surface area contributed by atoms with E-state index >= 15 is 0 Å². The first-order valence-corrected chi connectivity index (χ1v) is 7.40. The van der Waals surface area contributed by atoms with Crippen LogP contribution in [0.3, 0.4) is 0 Å². The van der Waals surface area contributed by atoms with Crippen LogP contribution >= 0.6 is 0 Å². The lowest BCUT2D eigenvalue weighted by Crippen LogP contribution is -2.13. The summed E-state index contributed by atoms with van der Waals surface area (Å²) in [6.45, 7) is 4.23. The number of H-pyrrole nitrogens is 1. The fourth-order valence-electron chi connectivity index (χ4n) is 2.57. The van der Waals surface area contributed by atoms with Crippen molar-refractivity contribution in [3.63, 3.8) is 0 Å². The van der Waals surface area contributed by atoms with Gasteiger partial charge in [-0.25, -0.2) is 4.98 Å². The van der Waals surface area contributed by atoms with Crippen molar-refractivity contribution in [3.8, 4) is 0 Å². The van der Waals surface area contributed by atoms with Gasteiger partial charge < -0.3 is 10.7 Å². The van der Waals surface area contributed by atoms with Crippen LogP contribution in [0, 0.1) is 13.8 Å². The van der Waals surface area contributed by atoms with Crippen LogP contribution in [0.1, 0.15) is 35.0 Å². The fourth-order valence-corrected chi connectivity index (χ4v) is 2.57. The molecule has 1 atom stereocenters. The molecule has 0 amide bonds. The van der Waals surface area contributed by atoms with Crippen LogP contribution in [0.2, 0.25) is 0 Å². The van der Waals surface area contributed by atoms with E-state index in [2.05, 4.69) is 60.2 Å². The number of hydrogen-bond acceptors (Lipinski definition) is 2. The van der Waals surface area contributed by atoms with E-state index < -0.39 is 0 Å². The predicted molar refractivity (Wildman–Crippen MR) is 87.3 cm³/mol. The number of aromatic amines is 1. The van der Waals surface area contributed by atoms with Gasteiger partial charge in [-0.1, -0.05) is 30.3 Å². The summed E-state index contributed by atoms with van der Waals surface area (Å²) >= 11 is 0. The zero-order valence-corrected chi connectivity index (χ0v) is 12.6. The second-order valence-corrected chi connectivity index (χ2v) is 5.71. The Balaban J connectivity index is 1.77. The smallest absolute Gasteiger partial charge is 0.124 e. The summed E-state index contributed by atoms with van der Waals surface area (Å²) in [5.74, 6) is 0.880.